The van der Waals surface area contributed by atoms with Crippen molar-refractivity contribution >= 4 is 23.3 Å². The Hall–Kier alpha value is -3.49. The first-order valence-corrected chi connectivity index (χ1v) is 12.6. The number of aryl methyl sites for hydroxylation is 2. The molecule has 5 rings (SSSR count). The summed E-state index contributed by atoms with van der Waals surface area (Å²) in [4.78, 5) is 50.2. The molecule has 0 spiro atoms. The standard InChI is InChI=1S/C27H32N6O3/c1-6-7-28-25(36)21-10-26(5)11-22(26)33(21)23(35)12-27(16(3)34)20-9-18(8-15(2)24(20)31-32-27)19-13-29-17(4)30-14-19/h8-9,13-14,21-22H,6-7,10-12H2,1-5H3,(H,28,36)/t21-,22+,26-,27?/m0/s1. The number of piperidine rings is 1. The molecular formula is C27H32N6O3. The minimum atomic E-state index is -1.42. The Kier molecular flexibility index (Phi) is 5.76. The van der Waals surface area contributed by atoms with Gasteiger partial charge in [0.1, 0.15) is 11.9 Å². The highest BCUT2D eigenvalue weighted by Gasteiger charge is 2.65. The zero-order valence-corrected chi connectivity index (χ0v) is 21.5. The van der Waals surface area contributed by atoms with Gasteiger partial charge in [0, 0.05) is 36.1 Å². The van der Waals surface area contributed by atoms with Crippen molar-refractivity contribution in [2.45, 2.75) is 77.9 Å². The number of carbonyl (C=O) groups excluding carboxylic acids is 3. The first-order valence-electron chi connectivity index (χ1n) is 12.6. The summed E-state index contributed by atoms with van der Waals surface area (Å²) in [7, 11) is 0. The number of aromatic nitrogens is 2. The lowest BCUT2D eigenvalue weighted by molar-refractivity contribution is -0.142. The Bertz CT molecular complexity index is 1290. The number of amides is 2. The van der Waals surface area contributed by atoms with E-state index in [2.05, 4.69) is 32.4 Å². The molecule has 1 aromatic heterocycles. The Balaban J connectivity index is 1.49. The fourth-order valence-electron chi connectivity index (χ4n) is 5.68. The molecule has 2 aliphatic heterocycles. The molecule has 1 aliphatic carbocycles. The van der Waals surface area contributed by atoms with Crippen LogP contribution in [0.25, 0.3) is 11.1 Å². The molecule has 0 bridgehead atoms. The fraction of sp³-hybridized carbons (Fsp3) is 0.519. The highest BCUT2D eigenvalue weighted by molar-refractivity contribution is 5.98. The average Bonchev–Trinajstić information content (AvgIpc) is 3.19. The lowest BCUT2D eigenvalue weighted by Gasteiger charge is -2.30. The van der Waals surface area contributed by atoms with Gasteiger partial charge in [0.15, 0.2) is 11.3 Å². The normalized spacial score (nSPS) is 27.5. The van der Waals surface area contributed by atoms with E-state index in [1.165, 1.54) is 6.92 Å². The molecule has 3 heterocycles. The van der Waals surface area contributed by atoms with Gasteiger partial charge >= 0.3 is 0 Å². The quantitative estimate of drug-likeness (QED) is 0.634. The summed E-state index contributed by atoms with van der Waals surface area (Å²) in [6.45, 7) is 9.88. The molecule has 0 radical (unpaired) electrons. The zero-order chi connectivity index (χ0) is 25.8. The first kappa shape index (κ1) is 24.2. The van der Waals surface area contributed by atoms with Crippen LogP contribution in [0.15, 0.2) is 34.8 Å². The summed E-state index contributed by atoms with van der Waals surface area (Å²) in [6.07, 6.45) is 5.66. The second kappa shape index (κ2) is 8.57. The number of Topliss-reactive ketones (excluding diaryl/α,β-unsaturated/α-hetero) is 1. The Morgan fingerprint density at radius 3 is 2.50 bits per heavy atom. The molecular weight excluding hydrogens is 456 g/mol. The van der Waals surface area contributed by atoms with Gasteiger partial charge in [-0.25, -0.2) is 9.97 Å². The summed E-state index contributed by atoms with van der Waals surface area (Å²) in [5.41, 5.74) is 2.27. The number of nitrogens with zero attached hydrogens (tertiary/aromatic N) is 5. The van der Waals surface area contributed by atoms with E-state index in [4.69, 9.17) is 0 Å². The monoisotopic (exact) mass is 488 g/mol. The molecule has 1 saturated heterocycles. The van der Waals surface area contributed by atoms with Crippen molar-refractivity contribution in [1.29, 1.82) is 0 Å². The Morgan fingerprint density at radius 1 is 1.11 bits per heavy atom. The van der Waals surface area contributed by atoms with Crippen molar-refractivity contribution < 1.29 is 14.4 Å². The van der Waals surface area contributed by atoms with Crippen molar-refractivity contribution in [1.82, 2.24) is 20.2 Å². The number of ketones is 1. The number of nitrogens with one attached hydrogen (secondary N) is 1. The van der Waals surface area contributed by atoms with Crippen molar-refractivity contribution in [2.24, 2.45) is 15.6 Å². The van der Waals surface area contributed by atoms with Gasteiger partial charge in [0.25, 0.3) is 0 Å². The van der Waals surface area contributed by atoms with E-state index in [9.17, 15) is 14.4 Å². The van der Waals surface area contributed by atoms with Crippen molar-refractivity contribution in [2.75, 3.05) is 6.54 Å². The molecule has 1 N–H and O–H groups in total. The summed E-state index contributed by atoms with van der Waals surface area (Å²) >= 11 is 0. The van der Waals surface area contributed by atoms with Gasteiger partial charge < -0.3 is 10.2 Å². The van der Waals surface area contributed by atoms with Gasteiger partial charge in [0.2, 0.25) is 11.8 Å². The van der Waals surface area contributed by atoms with Gasteiger partial charge in [-0.1, -0.05) is 13.8 Å². The Labute approximate surface area is 210 Å². The number of carbonyl (C=O) groups is 3. The van der Waals surface area contributed by atoms with E-state index in [1.807, 2.05) is 32.9 Å². The third-order valence-electron chi connectivity index (χ3n) is 7.95. The highest BCUT2D eigenvalue weighted by atomic mass is 16.2. The molecule has 4 atom stereocenters. The van der Waals surface area contributed by atoms with E-state index >= 15 is 0 Å². The van der Waals surface area contributed by atoms with Crippen LogP contribution in [0.1, 0.15) is 63.4 Å². The third-order valence-corrected chi connectivity index (χ3v) is 7.95. The van der Waals surface area contributed by atoms with Crippen molar-refractivity contribution in [3.63, 3.8) is 0 Å². The maximum absolute atomic E-state index is 13.8. The topological polar surface area (TPSA) is 117 Å². The lowest BCUT2D eigenvalue weighted by atomic mass is 9.81. The average molecular weight is 489 g/mol. The number of hydrogen-bond acceptors (Lipinski definition) is 7. The minimum Gasteiger partial charge on any atom is -0.354 e. The van der Waals surface area contributed by atoms with Crippen LogP contribution in [0.2, 0.25) is 0 Å². The second-order valence-electron chi connectivity index (χ2n) is 10.7. The van der Waals surface area contributed by atoms with Gasteiger partial charge in [-0.3, -0.25) is 14.4 Å². The number of rotatable bonds is 7. The van der Waals surface area contributed by atoms with E-state index < -0.39 is 11.6 Å². The fourth-order valence-corrected chi connectivity index (χ4v) is 5.68. The molecule has 3 aliphatic rings. The number of benzene rings is 1. The van der Waals surface area contributed by atoms with Crippen molar-refractivity contribution in [3.05, 3.63) is 41.5 Å². The maximum atomic E-state index is 13.8. The molecule has 9 nitrogen and oxygen atoms in total. The minimum absolute atomic E-state index is 0.0157. The van der Waals surface area contributed by atoms with Crippen LogP contribution in [-0.2, 0) is 19.9 Å². The van der Waals surface area contributed by atoms with E-state index in [0.717, 1.165) is 29.5 Å². The summed E-state index contributed by atoms with van der Waals surface area (Å²) in [6, 6.07) is 3.34. The molecule has 1 aromatic carbocycles. The molecule has 2 aromatic rings. The van der Waals surface area contributed by atoms with Crippen LogP contribution < -0.4 is 5.32 Å². The number of likely N-dealkylation sites (tertiary alicyclic amines) is 1. The van der Waals surface area contributed by atoms with Crippen molar-refractivity contribution in [3.8, 4) is 11.1 Å². The van der Waals surface area contributed by atoms with Crippen LogP contribution in [-0.4, -0.2) is 51.1 Å². The highest BCUT2D eigenvalue weighted by Crippen LogP contribution is 2.60. The van der Waals surface area contributed by atoms with Crippen LogP contribution in [0.5, 0.6) is 0 Å². The SMILES string of the molecule is CCCNC(=O)[C@@H]1C[C@@]2(C)C[C@H]2N1C(=O)CC1(C(C)=O)N=Nc2c(C)cc(-c3cnc(C)nc3)cc21. The van der Waals surface area contributed by atoms with Crippen LogP contribution >= 0.6 is 0 Å². The summed E-state index contributed by atoms with van der Waals surface area (Å²) in [5.74, 6) is 0.0587. The van der Waals surface area contributed by atoms with Crippen LogP contribution in [0.4, 0.5) is 5.69 Å². The largest absolute Gasteiger partial charge is 0.354 e. The smallest absolute Gasteiger partial charge is 0.242 e. The van der Waals surface area contributed by atoms with Crippen LogP contribution in [0.3, 0.4) is 0 Å². The zero-order valence-electron chi connectivity index (χ0n) is 21.5. The van der Waals surface area contributed by atoms with Gasteiger partial charge in [-0.15, -0.1) is 0 Å². The third kappa shape index (κ3) is 3.81. The van der Waals surface area contributed by atoms with Gasteiger partial charge in [-0.2, -0.15) is 10.2 Å². The van der Waals surface area contributed by atoms with E-state index in [-0.39, 0.29) is 35.5 Å². The predicted octanol–water partition coefficient (Wildman–Crippen LogP) is 3.94. The summed E-state index contributed by atoms with van der Waals surface area (Å²) < 4.78 is 0. The Morgan fingerprint density at radius 2 is 1.83 bits per heavy atom. The maximum Gasteiger partial charge on any atom is 0.242 e. The number of fused-ring (bicyclic) bond motifs is 2. The van der Waals surface area contributed by atoms with E-state index in [1.54, 1.807) is 17.3 Å². The van der Waals surface area contributed by atoms with Gasteiger partial charge in [0.05, 0.1) is 12.1 Å². The molecule has 188 valence electrons. The molecule has 36 heavy (non-hydrogen) atoms. The number of azo groups is 1. The molecule has 1 unspecified atom stereocenters. The summed E-state index contributed by atoms with van der Waals surface area (Å²) in [5, 5.41) is 11.7. The lowest BCUT2D eigenvalue weighted by Crippen LogP contribution is -2.50. The predicted molar refractivity (Wildman–Crippen MR) is 133 cm³/mol. The number of hydrogen-bond donors (Lipinski definition) is 1. The van der Waals surface area contributed by atoms with E-state index in [0.29, 0.717) is 30.0 Å². The van der Waals surface area contributed by atoms with Crippen LogP contribution in [0, 0.1) is 19.3 Å². The molecule has 2 amide bonds. The molecule has 1 saturated carbocycles. The second-order valence-corrected chi connectivity index (χ2v) is 10.7. The van der Waals surface area contributed by atoms with Gasteiger partial charge in [-0.05, 0) is 68.7 Å². The molecule has 9 heteroatoms. The molecule has 2 fully saturated rings. The first-order chi connectivity index (χ1) is 17.1.